The summed E-state index contributed by atoms with van der Waals surface area (Å²) in [6.07, 6.45) is 3.59. The normalized spacial score (nSPS) is 14.9. The second-order valence-corrected chi connectivity index (χ2v) is 10.2. The predicted molar refractivity (Wildman–Crippen MR) is 144 cm³/mol. The highest BCUT2D eigenvalue weighted by Crippen LogP contribution is 2.28. The van der Waals surface area contributed by atoms with Crippen molar-refractivity contribution < 1.29 is 4.74 Å². The third kappa shape index (κ3) is 7.25. The van der Waals surface area contributed by atoms with Gasteiger partial charge in [0.2, 0.25) is 0 Å². The zero-order valence-corrected chi connectivity index (χ0v) is 21.3. The van der Waals surface area contributed by atoms with E-state index in [1.165, 1.54) is 36.1 Å². The fourth-order valence-electron chi connectivity index (χ4n) is 4.63. The molecule has 4 heteroatoms. The van der Waals surface area contributed by atoms with Gasteiger partial charge < -0.3 is 9.64 Å². The molecule has 3 nitrogen and oxygen atoms in total. The number of ether oxygens (including phenoxy) is 1. The Morgan fingerprint density at radius 2 is 1.56 bits per heavy atom. The van der Waals surface area contributed by atoms with Crippen molar-refractivity contribution in [1.82, 2.24) is 4.90 Å². The predicted octanol–water partition coefficient (Wildman–Crippen LogP) is 7.44. The Bertz CT molecular complexity index is 981. The van der Waals surface area contributed by atoms with Gasteiger partial charge in [-0.25, -0.2) is 0 Å². The summed E-state index contributed by atoms with van der Waals surface area (Å²) in [5.41, 5.74) is 3.84. The first-order valence-electron chi connectivity index (χ1n) is 12.6. The van der Waals surface area contributed by atoms with Crippen molar-refractivity contribution in [2.24, 2.45) is 5.92 Å². The monoisotopic (exact) mass is 476 g/mol. The van der Waals surface area contributed by atoms with E-state index in [1.54, 1.807) is 0 Å². The highest BCUT2D eigenvalue weighted by molar-refractivity contribution is 6.30. The summed E-state index contributed by atoms with van der Waals surface area (Å²) in [5.74, 6) is 1.62. The number of anilines is 1. The van der Waals surface area contributed by atoms with Crippen LogP contribution in [0.4, 0.5) is 5.69 Å². The van der Waals surface area contributed by atoms with E-state index in [1.807, 2.05) is 18.2 Å². The van der Waals surface area contributed by atoms with Crippen LogP contribution in [0.15, 0.2) is 78.9 Å². The average Bonchev–Trinajstić information content (AvgIpc) is 2.86. The standard InChI is InChI=1S/C30H37ClN2O/c1-24(2)16-21-33(28-12-14-30(15-13-28)34-23-26-6-4-3-5-7-26)29-17-19-32(20-18-29)22-25-8-10-27(31)11-9-25/h3-15,24,29H,16-23H2,1-2H3. The molecule has 0 aromatic heterocycles. The first-order valence-corrected chi connectivity index (χ1v) is 12.9. The van der Waals surface area contributed by atoms with Gasteiger partial charge in [0.05, 0.1) is 0 Å². The number of hydrogen-bond acceptors (Lipinski definition) is 3. The van der Waals surface area contributed by atoms with Crippen LogP contribution in [0.25, 0.3) is 0 Å². The maximum Gasteiger partial charge on any atom is 0.119 e. The van der Waals surface area contributed by atoms with E-state index >= 15 is 0 Å². The lowest BCUT2D eigenvalue weighted by molar-refractivity contribution is 0.200. The number of piperidine rings is 1. The summed E-state index contributed by atoms with van der Waals surface area (Å²) in [6, 6.07) is 27.9. The summed E-state index contributed by atoms with van der Waals surface area (Å²) in [4.78, 5) is 5.21. The maximum absolute atomic E-state index is 6.05. The van der Waals surface area contributed by atoms with Gasteiger partial charge in [-0.3, -0.25) is 4.90 Å². The van der Waals surface area contributed by atoms with Crippen molar-refractivity contribution in [3.8, 4) is 5.75 Å². The van der Waals surface area contributed by atoms with E-state index in [0.717, 1.165) is 37.0 Å². The molecule has 1 aliphatic rings. The Kier molecular flexibility index (Phi) is 8.90. The summed E-state index contributed by atoms with van der Waals surface area (Å²) < 4.78 is 6.02. The van der Waals surface area contributed by atoms with Crippen LogP contribution in [0, 0.1) is 5.92 Å². The Balaban J connectivity index is 1.36. The Morgan fingerprint density at radius 3 is 2.21 bits per heavy atom. The van der Waals surface area contributed by atoms with Crippen molar-refractivity contribution in [2.45, 2.75) is 52.3 Å². The van der Waals surface area contributed by atoms with Gasteiger partial charge in [0.1, 0.15) is 12.4 Å². The molecule has 1 saturated heterocycles. The SMILES string of the molecule is CC(C)CCN(c1ccc(OCc2ccccc2)cc1)C1CCN(Cc2ccc(Cl)cc2)CC1. The first-order chi connectivity index (χ1) is 16.6. The molecule has 0 N–H and O–H groups in total. The van der Waals surface area contributed by atoms with Crippen LogP contribution < -0.4 is 9.64 Å². The van der Waals surface area contributed by atoms with Crippen molar-refractivity contribution in [3.63, 3.8) is 0 Å². The Hall–Kier alpha value is -2.49. The number of likely N-dealkylation sites (tertiary alicyclic amines) is 1. The molecular weight excluding hydrogens is 440 g/mol. The highest BCUT2D eigenvalue weighted by Gasteiger charge is 2.25. The Morgan fingerprint density at radius 1 is 0.882 bits per heavy atom. The molecule has 3 aromatic carbocycles. The summed E-state index contributed by atoms with van der Waals surface area (Å²) in [7, 11) is 0. The van der Waals surface area contributed by atoms with Gasteiger partial charge in [-0.15, -0.1) is 0 Å². The van der Waals surface area contributed by atoms with E-state index in [4.69, 9.17) is 16.3 Å². The molecule has 3 aromatic rings. The molecule has 0 radical (unpaired) electrons. The van der Waals surface area contributed by atoms with E-state index in [9.17, 15) is 0 Å². The minimum atomic E-state index is 0.580. The van der Waals surface area contributed by atoms with Crippen molar-refractivity contribution >= 4 is 17.3 Å². The van der Waals surface area contributed by atoms with Crippen LogP contribution in [0.2, 0.25) is 5.02 Å². The highest BCUT2D eigenvalue weighted by atomic mass is 35.5. The lowest BCUT2D eigenvalue weighted by Gasteiger charge is -2.40. The number of benzene rings is 3. The topological polar surface area (TPSA) is 15.7 Å². The van der Waals surface area contributed by atoms with Crippen LogP contribution in [0.1, 0.15) is 44.2 Å². The second-order valence-electron chi connectivity index (χ2n) is 9.78. The molecule has 1 aliphatic heterocycles. The molecule has 34 heavy (non-hydrogen) atoms. The van der Waals surface area contributed by atoms with E-state index < -0.39 is 0 Å². The van der Waals surface area contributed by atoms with Gasteiger partial charge in [-0.1, -0.05) is 67.9 Å². The van der Waals surface area contributed by atoms with Crippen molar-refractivity contribution in [3.05, 3.63) is 95.0 Å². The average molecular weight is 477 g/mol. The molecule has 0 saturated carbocycles. The lowest BCUT2D eigenvalue weighted by atomic mass is 10.00. The molecule has 1 fully saturated rings. The number of hydrogen-bond donors (Lipinski definition) is 0. The quantitative estimate of drug-likeness (QED) is 0.302. The van der Waals surface area contributed by atoms with E-state index in [0.29, 0.717) is 18.6 Å². The number of halogens is 1. The molecule has 0 spiro atoms. The summed E-state index contributed by atoms with van der Waals surface area (Å²) >= 11 is 6.05. The number of rotatable bonds is 10. The van der Waals surface area contributed by atoms with Gasteiger partial charge in [-0.05, 0) is 72.7 Å². The number of nitrogens with zero attached hydrogens (tertiary/aromatic N) is 2. The molecule has 1 heterocycles. The largest absolute Gasteiger partial charge is 0.489 e. The van der Waals surface area contributed by atoms with Crippen LogP contribution in [0.5, 0.6) is 5.75 Å². The molecular formula is C30H37ClN2O. The van der Waals surface area contributed by atoms with Gasteiger partial charge in [0.15, 0.2) is 0 Å². The fraction of sp³-hybridized carbons (Fsp3) is 0.400. The van der Waals surface area contributed by atoms with E-state index in [-0.39, 0.29) is 0 Å². The molecule has 0 atom stereocenters. The van der Waals surface area contributed by atoms with Gasteiger partial charge in [-0.2, -0.15) is 0 Å². The van der Waals surface area contributed by atoms with E-state index in [2.05, 4.69) is 84.3 Å². The molecule has 0 aliphatic carbocycles. The second kappa shape index (κ2) is 12.3. The molecule has 0 unspecified atom stereocenters. The minimum Gasteiger partial charge on any atom is -0.489 e. The van der Waals surface area contributed by atoms with Gasteiger partial charge in [0.25, 0.3) is 0 Å². The summed E-state index contributed by atoms with van der Waals surface area (Å²) in [6.45, 7) is 9.59. The molecule has 0 bridgehead atoms. The van der Waals surface area contributed by atoms with Crippen LogP contribution >= 0.6 is 11.6 Å². The van der Waals surface area contributed by atoms with Crippen LogP contribution in [-0.4, -0.2) is 30.6 Å². The first kappa shape index (κ1) is 24.6. The van der Waals surface area contributed by atoms with Gasteiger partial charge in [0, 0.05) is 42.9 Å². The zero-order chi connectivity index (χ0) is 23.8. The Labute approximate surface area is 210 Å². The zero-order valence-electron chi connectivity index (χ0n) is 20.5. The smallest absolute Gasteiger partial charge is 0.119 e. The maximum atomic E-state index is 6.05. The van der Waals surface area contributed by atoms with Crippen LogP contribution in [-0.2, 0) is 13.2 Å². The van der Waals surface area contributed by atoms with Gasteiger partial charge >= 0.3 is 0 Å². The minimum absolute atomic E-state index is 0.580. The van der Waals surface area contributed by atoms with Crippen molar-refractivity contribution in [2.75, 3.05) is 24.5 Å². The molecule has 0 amide bonds. The van der Waals surface area contributed by atoms with Crippen molar-refractivity contribution in [1.29, 1.82) is 0 Å². The van der Waals surface area contributed by atoms with Crippen LogP contribution in [0.3, 0.4) is 0 Å². The lowest BCUT2D eigenvalue weighted by Crippen LogP contribution is -2.45. The summed E-state index contributed by atoms with van der Waals surface area (Å²) in [5, 5.41) is 0.805. The molecule has 180 valence electrons. The fourth-order valence-corrected chi connectivity index (χ4v) is 4.76. The third-order valence-corrected chi connectivity index (χ3v) is 6.93. The third-order valence-electron chi connectivity index (χ3n) is 6.68. The molecule has 4 rings (SSSR count).